The molecule has 1 aromatic carbocycles. The number of anilines is 2. The number of benzene rings is 1. The highest BCUT2D eigenvalue weighted by molar-refractivity contribution is 5.79. The van der Waals surface area contributed by atoms with Gasteiger partial charge < -0.3 is 15.5 Å². The maximum Gasteiger partial charge on any atom is 0.416 e. The zero-order chi connectivity index (χ0) is 27.8. The van der Waals surface area contributed by atoms with Crippen molar-refractivity contribution in [2.75, 3.05) is 24.3 Å². The molecule has 0 unspecified atom stereocenters. The van der Waals surface area contributed by atoms with Crippen LogP contribution in [0.3, 0.4) is 0 Å². The Morgan fingerprint density at radius 2 is 1.43 bits per heavy atom. The summed E-state index contributed by atoms with van der Waals surface area (Å²) in [5, 5.41) is 5.95. The molecular formula is C25H31F6N5O. The van der Waals surface area contributed by atoms with Crippen LogP contribution in [-0.4, -0.2) is 36.0 Å². The largest absolute Gasteiger partial charge is 0.416 e. The van der Waals surface area contributed by atoms with Gasteiger partial charge in [-0.3, -0.25) is 4.79 Å². The highest BCUT2D eigenvalue weighted by Crippen LogP contribution is 2.38. The van der Waals surface area contributed by atoms with E-state index in [1.54, 1.807) is 6.20 Å². The van der Waals surface area contributed by atoms with E-state index in [1.165, 1.54) is 13.8 Å². The predicted octanol–water partition coefficient (Wildman–Crippen LogP) is 5.91. The number of halogens is 6. The molecule has 3 rings (SSSR count). The number of aromatic nitrogens is 2. The average Bonchev–Trinajstić information content (AvgIpc) is 2.79. The fraction of sp³-hybridized carbons (Fsp3) is 0.560. The summed E-state index contributed by atoms with van der Waals surface area (Å²) in [6.45, 7) is 4.70. The molecule has 2 aromatic rings. The number of alkyl halides is 6. The molecule has 1 aliphatic rings. The van der Waals surface area contributed by atoms with Crippen molar-refractivity contribution in [2.24, 2.45) is 5.92 Å². The van der Waals surface area contributed by atoms with E-state index in [0.29, 0.717) is 43.8 Å². The molecule has 0 radical (unpaired) electrons. The third-order valence-electron chi connectivity index (χ3n) is 6.54. The standard InChI is InChI=1S/C25H31F6N5O/c1-14-13-32-22(34-20(14)36(4)5)33-19-8-6-15(7-9-19)21(37)35-23(2,3)16-10-17(24(26,27)28)12-18(11-16)25(29,30)31/h10-13,15,19H,6-9H2,1-5H3,(H,35,37)(H,32,33,34). The Kier molecular flexibility index (Phi) is 7.99. The van der Waals surface area contributed by atoms with E-state index in [4.69, 9.17) is 0 Å². The lowest BCUT2D eigenvalue weighted by Gasteiger charge is -2.33. The second-order valence-electron chi connectivity index (χ2n) is 10.2. The van der Waals surface area contributed by atoms with Crippen LogP contribution < -0.4 is 15.5 Å². The van der Waals surface area contributed by atoms with E-state index in [9.17, 15) is 31.1 Å². The van der Waals surface area contributed by atoms with Crippen molar-refractivity contribution in [2.45, 2.75) is 70.4 Å². The number of carbonyl (C=O) groups excluding carboxylic acids is 1. The summed E-state index contributed by atoms with van der Waals surface area (Å²) >= 11 is 0. The Morgan fingerprint density at radius 1 is 0.919 bits per heavy atom. The number of nitrogens with one attached hydrogen (secondary N) is 2. The molecule has 204 valence electrons. The van der Waals surface area contributed by atoms with Crippen molar-refractivity contribution in [3.8, 4) is 0 Å². The first-order chi connectivity index (χ1) is 17.0. The van der Waals surface area contributed by atoms with Gasteiger partial charge in [-0.2, -0.15) is 31.3 Å². The molecule has 0 bridgehead atoms. The summed E-state index contributed by atoms with van der Waals surface area (Å²) < 4.78 is 79.7. The third-order valence-corrected chi connectivity index (χ3v) is 6.54. The molecule has 0 atom stereocenters. The maximum atomic E-state index is 13.3. The molecule has 1 aromatic heterocycles. The molecule has 2 N–H and O–H groups in total. The Hall–Kier alpha value is -3.05. The van der Waals surface area contributed by atoms with Gasteiger partial charge in [0.2, 0.25) is 11.9 Å². The number of hydrogen-bond donors (Lipinski definition) is 2. The average molecular weight is 532 g/mol. The Balaban J connectivity index is 1.67. The first-order valence-corrected chi connectivity index (χ1v) is 11.9. The summed E-state index contributed by atoms with van der Waals surface area (Å²) in [7, 11) is 3.77. The molecule has 12 heteroatoms. The van der Waals surface area contributed by atoms with Crippen LogP contribution in [0.4, 0.5) is 38.1 Å². The van der Waals surface area contributed by atoms with E-state index < -0.39 is 40.8 Å². The van der Waals surface area contributed by atoms with Crippen molar-refractivity contribution in [1.82, 2.24) is 15.3 Å². The number of nitrogens with zero attached hydrogens (tertiary/aromatic N) is 3. The summed E-state index contributed by atoms with van der Waals surface area (Å²) in [6, 6.07) is 1.42. The summed E-state index contributed by atoms with van der Waals surface area (Å²) in [4.78, 5) is 23.7. The van der Waals surface area contributed by atoms with Crippen LogP contribution in [-0.2, 0) is 22.7 Å². The lowest BCUT2D eigenvalue weighted by Crippen LogP contribution is -2.45. The van der Waals surface area contributed by atoms with Gasteiger partial charge in [-0.05, 0) is 70.2 Å². The topological polar surface area (TPSA) is 70.1 Å². The SMILES string of the molecule is Cc1cnc(NC2CCC(C(=O)NC(C)(C)c3cc(C(F)(F)F)cc(C(F)(F)F)c3)CC2)nc1N(C)C. The molecule has 6 nitrogen and oxygen atoms in total. The van der Waals surface area contributed by atoms with Crippen LogP contribution in [0.1, 0.15) is 61.8 Å². The molecule has 0 aliphatic heterocycles. The van der Waals surface area contributed by atoms with Crippen molar-refractivity contribution in [1.29, 1.82) is 0 Å². The number of aryl methyl sites for hydroxylation is 1. The Morgan fingerprint density at radius 3 is 1.92 bits per heavy atom. The minimum Gasteiger partial charge on any atom is -0.362 e. The van der Waals surface area contributed by atoms with Gasteiger partial charge in [0.05, 0.1) is 16.7 Å². The summed E-state index contributed by atoms with van der Waals surface area (Å²) in [6.07, 6.45) is -5.93. The zero-order valence-corrected chi connectivity index (χ0v) is 21.3. The van der Waals surface area contributed by atoms with Crippen LogP contribution in [0.15, 0.2) is 24.4 Å². The number of carbonyl (C=O) groups is 1. The minimum absolute atomic E-state index is 0.0348. The van der Waals surface area contributed by atoms with Crippen molar-refractivity contribution in [3.63, 3.8) is 0 Å². The summed E-state index contributed by atoms with van der Waals surface area (Å²) in [5.41, 5.74) is -3.62. The molecule has 1 amide bonds. The van der Waals surface area contributed by atoms with Gasteiger partial charge >= 0.3 is 12.4 Å². The molecule has 0 saturated heterocycles. The quantitative estimate of drug-likeness (QED) is 0.454. The maximum absolute atomic E-state index is 13.3. The van der Waals surface area contributed by atoms with Gasteiger partial charge in [-0.15, -0.1) is 0 Å². The second-order valence-corrected chi connectivity index (χ2v) is 10.2. The van der Waals surface area contributed by atoms with Gasteiger partial charge in [-0.25, -0.2) is 4.98 Å². The predicted molar refractivity (Wildman–Crippen MR) is 128 cm³/mol. The van der Waals surface area contributed by atoms with Crippen LogP contribution in [0, 0.1) is 12.8 Å². The number of rotatable bonds is 6. The van der Waals surface area contributed by atoms with E-state index >= 15 is 0 Å². The molecule has 1 saturated carbocycles. The monoisotopic (exact) mass is 531 g/mol. The lowest BCUT2D eigenvalue weighted by molar-refractivity contribution is -0.143. The Labute approximate surface area is 211 Å². The van der Waals surface area contributed by atoms with E-state index in [0.717, 1.165) is 11.4 Å². The zero-order valence-electron chi connectivity index (χ0n) is 21.3. The molecule has 0 spiro atoms. The van der Waals surface area contributed by atoms with E-state index in [1.807, 2.05) is 25.9 Å². The molecule has 1 fully saturated rings. The van der Waals surface area contributed by atoms with Gasteiger partial charge in [0, 0.05) is 37.8 Å². The van der Waals surface area contributed by atoms with Gasteiger partial charge in [0.15, 0.2) is 0 Å². The second kappa shape index (κ2) is 10.4. The normalized spacial score (nSPS) is 18.9. The number of hydrogen-bond acceptors (Lipinski definition) is 5. The van der Waals surface area contributed by atoms with E-state index in [-0.39, 0.29) is 17.7 Å². The summed E-state index contributed by atoms with van der Waals surface area (Å²) in [5.74, 6) is 0.446. The van der Waals surface area contributed by atoms with Crippen molar-refractivity contribution < 1.29 is 31.1 Å². The highest BCUT2D eigenvalue weighted by Gasteiger charge is 2.39. The Bertz CT molecular complexity index is 1090. The van der Waals surface area contributed by atoms with Crippen LogP contribution in [0.2, 0.25) is 0 Å². The number of amides is 1. The van der Waals surface area contributed by atoms with Crippen LogP contribution >= 0.6 is 0 Å². The fourth-order valence-electron chi connectivity index (χ4n) is 4.44. The highest BCUT2D eigenvalue weighted by atomic mass is 19.4. The molecule has 1 aliphatic carbocycles. The van der Waals surface area contributed by atoms with Gasteiger partial charge in [0.1, 0.15) is 5.82 Å². The van der Waals surface area contributed by atoms with Crippen LogP contribution in [0.5, 0.6) is 0 Å². The molecule has 1 heterocycles. The third kappa shape index (κ3) is 7.04. The molecule has 37 heavy (non-hydrogen) atoms. The van der Waals surface area contributed by atoms with Crippen molar-refractivity contribution >= 4 is 17.7 Å². The van der Waals surface area contributed by atoms with Gasteiger partial charge in [-0.1, -0.05) is 0 Å². The molecular weight excluding hydrogens is 500 g/mol. The minimum atomic E-state index is -4.96. The van der Waals surface area contributed by atoms with Crippen LogP contribution in [0.25, 0.3) is 0 Å². The van der Waals surface area contributed by atoms with Gasteiger partial charge in [0.25, 0.3) is 0 Å². The van der Waals surface area contributed by atoms with Crippen molar-refractivity contribution in [3.05, 3.63) is 46.6 Å². The lowest BCUT2D eigenvalue weighted by atomic mass is 9.84. The fourth-order valence-corrected chi connectivity index (χ4v) is 4.44. The smallest absolute Gasteiger partial charge is 0.362 e. The first kappa shape index (κ1) is 28.5. The van der Waals surface area contributed by atoms with E-state index in [2.05, 4.69) is 20.6 Å². The first-order valence-electron chi connectivity index (χ1n) is 11.9.